The van der Waals surface area contributed by atoms with Crippen molar-refractivity contribution in [2.45, 2.75) is 44.1 Å². The fraction of sp³-hybridized carbons (Fsp3) is 0.474. The van der Waals surface area contributed by atoms with Gasteiger partial charge in [-0.15, -0.1) is 0 Å². The first-order valence-electron chi connectivity index (χ1n) is 9.19. The number of nitrogens with zero attached hydrogens (tertiary/aromatic N) is 2. The fourth-order valence-electron chi connectivity index (χ4n) is 3.14. The van der Waals surface area contributed by atoms with Gasteiger partial charge in [0, 0.05) is 19.2 Å². The van der Waals surface area contributed by atoms with Crippen molar-refractivity contribution in [3.63, 3.8) is 0 Å². The van der Waals surface area contributed by atoms with Crippen LogP contribution in [-0.2, 0) is 21.4 Å². The lowest BCUT2D eigenvalue weighted by Gasteiger charge is -2.20. The van der Waals surface area contributed by atoms with E-state index in [1.165, 1.54) is 29.6 Å². The number of aryl methyl sites for hydroxylation is 1. The average Bonchev–Trinajstić information content (AvgIpc) is 2.93. The summed E-state index contributed by atoms with van der Waals surface area (Å²) in [5.74, 6) is 0.163. The van der Waals surface area contributed by atoms with E-state index < -0.39 is 16.0 Å². The molecule has 152 valence electrons. The Balaban J connectivity index is 1.83. The monoisotopic (exact) mass is 408 g/mol. The molecule has 0 unspecified atom stereocenters. The molecule has 0 radical (unpaired) electrons. The molecule has 0 aliphatic carbocycles. The summed E-state index contributed by atoms with van der Waals surface area (Å²) in [5, 5.41) is 3.76. The highest BCUT2D eigenvalue weighted by Crippen LogP contribution is 2.27. The number of esters is 1. The molecular weight excluding hydrogens is 384 g/mol. The van der Waals surface area contributed by atoms with Gasteiger partial charge in [-0.05, 0) is 38.0 Å². The van der Waals surface area contributed by atoms with Gasteiger partial charge in [-0.2, -0.15) is 4.31 Å². The number of carbonyl (C=O) groups is 1. The number of benzene rings is 1. The summed E-state index contributed by atoms with van der Waals surface area (Å²) in [4.78, 5) is 12.6. The van der Waals surface area contributed by atoms with Crippen molar-refractivity contribution in [1.29, 1.82) is 0 Å². The van der Waals surface area contributed by atoms with Crippen LogP contribution in [0.25, 0.3) is 0 Å². The molecule has 0 atom stereocenters. The lowest BCUT2D eigenvalue weighted by atomic mass is 10.2. The number of carbonyl (C=O) groups excluding carboxylic acids is 1. The van der Waals surface area contributed by atoms with Gasteiger partial charge < -0.3 is 14.0 Å². The quantitative estimate of drug-likeness (QED) is 0.678. The van der Waals surface area contributed by atoms with Crippen LogP contribution in [0.1, 0.15) is 47.5 Å². The Kier molecular flexibility index (Phi) is 6.35. The minimum atomic E-state index is -3.69. The molecule has 0 N–H and O–H groups in total. The van der Waals surface area contributed by atoms with Crippen molar-refractivity contribution in [3.05, 3.63) is 41.3 Å². The predicted octanol–water partition coefficient (Wildman–Crippen LogP) is 2.91. The molecule has 0 saturated carbocycles. The summed E-state index contributed by atoms with van der Waals surface area (Å²) in [6.45, 7) is 2.63. The Hall–Kier alpha value is -2.39. The van der Waals surface area contributed by atoms with Crippen LogP contribution in [0.4, 0.5) is 0 Å². The van der Waals surface area contributed by atoms with Gasteiger partial charge in [-0.1, -0.05) is 18.0 Å². The van der Waals surface area contributed by atoms with E-state index in [9.17, 15) is 13.2 Å². The van der Waals surface area contributed by atoms with E-state index in [-0.39, 0.29) is 22.8 Å². The molecule has 1 aromatic heterocycles. The Morgan fingerprint density at radius 3 is 2.50 bits per heavy atom. The number of ether oxygens (including phenoxy) is 2. The van der Waals surface area contributed by atoms with Gasteiger partial charge in [-0.25, -0.2) is 13.2 Å². The first kappa shape index (κ1) is 20.3. The van der Waals surface area contributed by atoms with E-state index in [2.05, 4.69) is 5.16 Å². The van der Waals surface area contributed by atoms with Gasteiger partial charge in [0.15, 0.2) is 0 Å². The minimum absolute atomic E-state index is 0.0543. The molecule has 1 saturated heterocycles. The summed E-state index contributed by atoms with van der Waals surface area (Å²) >= 11 is 0. The zero-order valence-electron chi connectivity index (χ0n) is 16.0. The van der Waals surface area contributed by atoms with Crippen LogP contribution in [0, 0.1) is 6.92 Å². The summed E-state index contributed by atoms with van der Waals surface area (Å²) in [6, 6.07) is 5.90. The third-order valence-corrected chi connectivity index (χ3v) is 6.52. The average molecular weight is 408 g/mol. The summed E-state index contributed by atoms with van der Waals surface area (Å²) < 4.78 is 42.9. The molecule has 0 bridgehead atoms. The first-order chi connectivity index (χ1) is 13.4. The fourth-order valence-corrected chi connectivity index (χ4v) is 4.69. The first-order valence-corrected chi connectivity index (χ1v) is 10.6. The molecule has 0 spiro atoms. The Morgan fingerprint density at radius 1 is 1.18 bits per heavy atom. The highest BCUT2D eigenvalue weighted by atomic mass is 32.2. The molecule has 1 fully saturated rings. The Bertz CT molecular complexity index is 930. The van der Waals surface area contributed by atoms with Gasteiger partial charge >= 0.3 is 5.97 Å². The normalized spacial score (nSPS) is 15.8. The van der Waals surface area contributed by atoms with E-state index in [1.807, 2.05) is 0 Å². The zero-order valence-corrected chi connectivity index (χ0v) is 16.8. The third-order valence-electron chi connectivity index (χ3n) is 4.62. The van der Waals surface area contributed by atoms with Crippen LogP contribution in [0.2, 0.25) is 0 Å². The molecule has 28 heavy (non-hydrogen) atoms. The Labute approximate surface area is 164 Å². The number of hydrogen-bond donors (Lipinski definition) is 0. The second-order valence-corrected chi connectivity index (χ2v) is 8.62. The zero-order chi connectivity index (χ0) is 20.1. The minimum Gasteiger partial charge on any atom is -0.496 e. The second-order valence-electron chi connectivity index (χ2n) is 6.69. The van der Waals surface area contributed by atoms with Crippen LogP contribution in [-0.4, -0.2) is 44.0 Å². The topological polar surface area (TPSA) is 98.9 Å². The van der Waals surface area contributed by atoms with Gasteiger partial charge in [0.25, 0.3) is 0 Å². The molecular formula is C19H24N2O6S. The van der Waals surface area contributed by atoms with Crippen molar-refractivity contribution in [3.8, 4) is 5.75 Å². The van der Waals surface area contributed by atoms with Crippen molar-refractivity contribution < 1.29 is 27.2 Å². The van der Waals surface area contributed by atoms with Crippen LogP contribution in [0.5, 0.6) is 5.75 Å². The van der Waals surface area contributed by atoms with E-state index in [1.54, 1.807) is 13.0 Å². The van der Waals surface area contributed by atoms with E-state index >= 15 is 0 Å². The summed E-state index contributed by atoms with van der Waals surface area (Å²) in [5.41, 5.74) is 0.525. The van der Waals surface area contributed by atoms with Crippen LogP contribution in [0.15, 0.2) is 33.7 Å². The third kappa shape index (κ3) is 4.53. The van der Waals surface area contributed by atoms with Crippen molar-refractivity contribution >= 4 is 16.0 Å². The van der Waals surface area contributed by atoms with E-state index in [0.717, 1.165) is 25.7 Å². The maximum atomic E-state index is 13.0. The van der Waals surface area contributed by atoms with E-state index in [4.69, 9.17) is 14.0 Å². The molecule has 1 aliphatic heterocycles. The van der Waals surface area contributed by atoms with Gasteiger partial charge in [-0.3, -0.25) is 0 Å². The number of hydrogen-bond acceptors (Lipinski definition) is 7. The molecule has 1 aromatic carbocycles. The largest absolute Gasteiger partial charge is 0.496 e. The molecule has 1 aliphatic rings. The molecule has 8 nitrogen and oxygen atoms in total. The summed E-state index contributed by atoms with van der Waals surface area (Å²) in [7, 11) is -2.27. The number of rotatable bonds is 6. The maximum Gasteiger partial charge on any atom is 0.342 e. The van der Waals surface area contributed by atoms with Crippen molar-refractivity contribution in [2.75, 3.05) is 20.2 Å². The molecule has 9 heteroatoms. The van der Waals surface area contributed by atoms with Gasteiger partial charge in [0.05, 0.1) is 12.0 Å². The molecule has 2 heterocycles. The Morgan fingerprint density at radius 2 is 1.89 bits per heavy atom. The SMILES string of the molecule is COc1ccc(S(=O)(=O)N2CCCCCC2)cc1C(=O)OCc1cc(C)on1. The predicted molar refractivity (Wildman–Crippen MR) is 101 cm³/mol. The van der Waals surface area contributed by atoms with Crippen LogP contribution < -0.4 is 4.74 Å². The van der Waals surface area contributed by atoms with E-state index in [0.29, 0.717) is 24.5 Å². The second kappa shape index (κ2) is 8.74. The molecule has 0 amide bonds. The van der Waals surface area contributed by atoms with Crippen molar-refractivity contribution in [2.24, 2.45) is 0 Å². The molecule has 2 aromatic rings. The lowest BCUT2D eigenvalue weighted by molar-refractivity contribution is 0.0460. The number of aromatic nitrogens is 1. The van der Waals surface area contributed by atoms with Gasteiger partial charge in [0.2, 0.25) is 10.0 Å². The van der Waals surface area contributed by atoms with Crippen molar-refractivity contribution in [1.82, 2.24) is 9.46 Å². The van der Waals surface area contributed by atoms with Crippen LogP contribution in [0.3, 0.4) is 0 Å². The van der Waals surface area contributed by atoms with Crippen LogP contribution >= 0.6 is 0 Å². The number of methoxy groups -OCH3 is 1. The standard InChI is InChI=1S/C19H24N2O6S/c1-14-11-15(20-27-14)13-26-19(22)17-12-16(7-8-18(17)25-2)28(23,24)21-9-5-3-4-6-10-21/h7-8,11-12H,3-6,9-10,13H2,1-2H3. The maximum absolute atomic E-state index is 13.0. The number of sulfonamides is 1. The van der Waals surface area contributed by atoms with Gasteiger partial charge in [0.1, 0.15) is 29.4 Å². The highest BCUT2D eigenvalue weighted by Gasteiger charge is 2.27. The lowest BCUT2D eigenvalue weighted by Crippen LogP contribution is -2.32. The smallest absolute Gasteiger partial charge is 0.342 e. The highest BCUT2D eigenvalue weighted by molar-refractivity contribution is 7.89. The summed E-state index contributed by atoms with van der Waals surface area (Å²) in [6.07, 6.45) is 3.71. The molecule has 3 rings (SSSR count).